The second-order valence-electron chi connectivity index (χ2n) is 6.14. The molecule has 0 fully saturated rings. The Morgan fingerprint density at radius 1 is 0.923 bits per heavy atom. The van der Waals surface area contributed by atoms with Gasteiger partial charge < -0.3 is 4.84 Å². The van der Waals surface area contributed by atoms with E-state index in [4.69, 9.17) is 16.4 Å². The fraction of sp³-hybridized carbons (Fsp3) is 0.0952. The number of halogens is 2. The van der Waals surface area contributed by atoms with Crippen molar-refractivity contribution in [3.8, 4) is 0 Å². The van der Waals surface area contributed by atoms with Crippen LogP contribution in [0.1, 0.15) is 22.9 Å². The second-order valence-corrected chi connectivity index (χ2v) is 6.57. The molecule has 4 rings (SSSR count). The summed E-state index contributed by atoms with van der Waals surface area (Å²) in [5, 5.41) is 4.94. The van der Waals surface area contributed by atoms with Crippen LogP contribution in [0, 0.1) is 12.7 Å². The summed E-state index contributed by atoms with van der Waals surface area (Å²) < 4.78 is 13.3. The highest BCUT2D eigenvalue weighted by atomic mass is 35.5. The first-order valence-corrected chi connectivity index (χ1v) is 8.61. The minimum atomic E-state index is -0.406. The molecule has 130 valence electrons. The number of hydrogen-bond donors (Lipinski definition) is 0. The lowest BCUT2D eigenvalue weighted by molar-refractivity contribution is 0.0868. The predicted octanol–water partition coefficient (Wildman–Crippen LogP) is 5.68. The molecule has 0 aliphatic carbocycles. The number of amidine groups is 1. The van der Waals surface area contributed by atoms with E-state index in [1.54, 1.807) is 12.1 Å². The Bertz CT molecular complexity index is 937. The zero-order chi connectivity index (χ0) is 18.1. The Hall–Kier alpha value is -2.85. The first-order chi connectivity index (χ1) is 12.6. The van der Waals surface area contributed by atoms with Crippen molar-refractivity contribution in [2.45, 2.75) is 13.2 Å². The van der Waals surface area contributed by atoms with Gasteiger partial charge in [-0.1, -0.05) is 46.6 Å². The minimum absolute atomic E-state index is 0.290. The molecule has 1 unspecified atom stereocenters. The zero-order valence-corrected chi connectivity index (χ0v) is 14.8. The largest absolute Gasteiger partial charge is 0.363 e. The molecule has 0 N–H and O–H groups in total. The third-order valence-electron chi connectivity index (χ3n) is 4.27. The molecule has 3 aromatic rings. The number of rotatable bonds is 3. The van der Waals surface area contributed by atoms with E-state index in [1.807, 2.05) is 60.4 Å². The topological polar surface area (TPSA) is 24.8 Å². The Balaban J connectivity index is 1.77. The highest BCUT2D eigenvalue weighted by Gasteiger charge is 2.33. The molecule has 0 radical (unpaired) electrons. The van der Waals surface area contributed by atoms with Gasteiger partial charge in [-0.3, -0.25) is 4.90 Å². The van der Waals surface area contributed by atoms with E-state index in [-0.39, 0.29) is 5.82 Å². The summed E-state index contributed by atoms with van der Waals surface area (Å²) in [6.07, 6.45) is -0.406. The van der Waals surface area contributed by atoms with Gasteiger partial charge in [-0.2, -0.15) is 0 Å². The van der Waals surface area contributed by atoms with Crippen LogP contribution in [0.5, 0.6) is 0 Å². The van der Waals surface area contributed by atoms with E-state index < -0.39 is 6.23 Å². The SMILES string of the molecule is Cc1ccc(C2ON=C(c3ccc(F)cc3)N2c2ccc(Cl)cc2)cc1. The van der Waals surface area contributed by atoms with Crippen LogP contribution in [0.2, 0.25) is 5.02 Å². The third-order valence-corrected chi connectivity index (χ3v) is 4.52. The van der Waals surface area contributed by atoms with Crippen molar-refractivity contribution < 1.29 is 9.23 Å². The smallest absolute Gasteiger partial charge is 0.231 e. The summed E-state index contributed by atoms with van der Waals surface area (Å²) in [6, 6.07) is 21.8. The number of hydrogen-bond acceptors (Lipinski definition) is 3. The van der Waals surface area contributed by atoms with Crippen molar-refractivity contribution in [2.24, 2.45) is 5.16 Å². The summed E-state index contributed by atoms with van der Waals surface area (Å²) in [5.74, 6) is 0.333. The number of nitrogens with zero attached hydrogens (tertiary/aromatic N) is 2. The van der Waals surface area contributed by atoms with E-state index in [0.29, 0.717) is 10.9 Å². The maximum atomic E-state index is 13.3. The summed E-state index contributed by atoms with van der Waals surface area (Å²) in [6.45, 7) is 2.04. The van der Waals surface area contributed by atoms with E-state index in [1.165, 1.54) is 17.7 Å². The van der Waals surface area contributed by atoms with Crippen molar-refractivity contribution in [3.05, 3.63) is 100 Å². The molecule has 0 saturated heterocycles. The summed E-state index contributed by atoms with van der Waals surface area (Å²) in [4.78, 5) is 7.74. The van der Waals surface area contributed by atoms with Gasteiger partial charge in [0.15, 0.2) is 5.84 Å². The molecule has 0 saturated carbocycles. The predicted molar refractivity (Wildman–Crippen MR) is 102 cm³/mol. The lowest BCUT2D eigenvalue weighted by atomic mass is 10.1. The Morgan fingerprint density at radius 3 is 2.23 bits per heavy atom. The van der Waals surface area contributed by atoms with Crippen molar-refractivity contribution in [1.29, 1.82) is 0 Å². The first-order valence-electron chi connectivity index (χ1n) is 8.23. The highest BCUT2D eigenvalue weighted by Crippen LogP contribution is 2.35. The number of aryl methyl sites for hydroxylation is 1. The molecule has 0 aromatic heterocycles. The Labute approximate surface area is 156 Å². The van der Waals surface area contributed by atoms with Crippen LogP contribution in [0.25, 0.3) is 0 Å². The number of benzene rings is 3. The number of oxime groups is 1. The van der Waals surface area contributed by atoms with Crippen LogP contribution in [-0.2, 0) is 4.84 Å². The van der Waals surface area contributed by atoms with E-state index in [0.717, 1.165) is 16.8 Å². The van der Waals surface area contributed by atoms with Crippen molar-refractivity contribution >= 4 is 23.1 Å². The normalized spacial score (nSPS) is 16.3. The fourth-order valence-corrected chi connectivity index (χ4v) is 3.02. The molecule has 3 aromatic carbocycles. The van der Waals surface area contributed by atoms with Gasteiger partial charge in [0, 0.05) is 21.8 Å². The molecule has 5 heteroatoms. The van der Waals surface area contributed by atoms with Crippen LogP contribution in [0.3, 0.4) is 0 Å². The monoisotopic (exact) mass is 366 g/mol. The van der Waals surface area contributed by atoms with Gasteiger partial charge in [0.2, 0.25) is 6.23 Å². The standard InChI is InChI=1S/C21H16ClFN2O/c1-14-2-4-16(5-3-14)21-25(19-12-8-17(22)9-13-19)20(24-26-21)15-6-10-18(23)11-7-15/h2-13,21H,1H3. The third kappa shape index (κ3) is 3.16. The molecule has 0 spiro atoms. The van der Waals surface area contributed by atoms with Crippen molar-refractivity contribution in [3.63, 3.8) is 0 Å². The molecule has 0 amide bonds. The summed E-state index contributed by atoms with van der Waals surface area (Å²) in [7, 11) is 0. The van der Waals surface area contributed by atoms with Gasteiger partial charge in [-0.05, 0) is 55.5 Å². The minimum Gasteiger partial charge on any atom is -0.363 e. The van der Waals surface area contributed by atoms with Crippen molar-refractivity contribution in [1.82, 2.24) is 0 Å². The molecule has 1 heterocycles. The lowest BCUT2D eigenvalue weighted by Gasteiger charge is -2.26. The van der Waals surface area contributed by atoms with Crippen LogP contribution in [0.15, 0.2) is 78.0 Å². The average molecular weight is 367 g/mol. The van der Waals surface area contributed by atoms with Gasteiger partial charge in [-0.25, -0.2) is 4.39 Å². The Morgan fingerprint density at radius 2 is 1.58 bits per heavy atom. The van der Waals surface area contributed by atoms with Crippen LogP contribution in [0.4, 0.5) is 10.1 Å². The van der Waals surface area contributed by atoms with Crippen LogP contribution >= 0.6 is 11.6 Å². The van der Waals surface area contributed by atoms with E-state index >= 15 is 0 Å². The van der Waals surface area contributed by atoms with Crippen LogP contribution < -0.4 is 4.90 Å². The maximum absolute atomic E-state index is 13.3. The maximum Gasteiger partial charge on any atom is 0.231 e. The quantitative estimate of drug-likeness (QED) is 0.595. The van der Waals surface area contributed by atoms with E-state index in [9.17, 15) is 4.39 Å². The average Bonchev–Trinajstić information content (AvgIpc) is 3.08. The van der Waals surface area contributed by atoms with Gasteiger partial charge in [0.25, 0.3) is 0 Å². The molecule has 3 nitrogen and oxygen atoms in total. The summed E-state index contributed by atoms with van der Waals surface area (Å²) >= 11 is 6.04. The Kier molecular flexibility index (Phi) is 4.35. The molecular formula is C21H16ClFN2O. The van der Waals surface area contributed by atoms with Crippen LogP contribution in [-0.4, -0.2) is 5.84 Å². The summed E-state index contributed by atoms with van der Waals surface area (Å²) in [5.41, 5.74) is 3.81. The van der Waals surface area contributed by atoms with Gasteiger partial charge in [-0.15, -0.1) is 0 Å². The highest BCUT2D eigenvalue weighted by molar-refractivity contribution is 6.30. The van der Waals surface area contributed by atoms with Crippen molar-refractivity contribution in [2.75, 3.05) is 4.90 Å². The van der Waals surface area contributed by atoms with Gasteiger partial charge >= 0.3 is 0 Å². The molecule has 26 heavy (non-hydrogen) atoms. The fourth-order valence-electron chi connectivity index (χ4n) is 2.89. The van der Waals surface area contributed by atoms with Gasteiger partial charge in [0.05, 0.1) is 0 Å². The first kappa shape index (κ1) is 16.6. The van der Waals surface area contributed by atoms with E-state index in [2.05, 4.69) is 5.16 Å². The molecule has 0 bridgehead atoms. The zero-order valence-electron chi connectivity index (χ0n) is 14.1. The van der Waals surface area contributed by atoms with Gasteiger partial charge in [0.1, 0.15) is 5.82 Å². The molecule has 1 aliphatic rings. The number of anilines is 1. The molecular weight excluding hydrogens is 351 g/mol. The molecule has 1 atom stereocenters. The second kappa shape index (κ2) is 6.81. The lowest BCUT2D eigenvalue weighted by Crippen LogP contribution is -2.31. The molecule has 1 aliphatic heterocycles.